The van der Waals surface area contributed by atoms with Crippen LogP contribution in [0.4, 0.5) is 13.2 Å². The number of hydrogen-bond acceptors (Lipinski definition) is 1. The topological polar surface area (TPSA) is 26.0 Å². The minimum atomic E-state index is -1.30. The molecule has 2 N–H and O–H groups in total. The molecule has 0 saturated carbocycles. The second-order valence-electron chi connectivity index (χ2n) is 3.13. The van der Waals surface area contributed by atoms with Gasteiger partial charge >= 0.3 is 0 Å². The van der Waals surface area contributed by atoms with E-state index in [0.29, 0.717) is 0 Å². The molecule has 0 aliphatic heterocycles. The number of alkyl halides is 1. The summed E-state index contributed by atoms with van der Waals surface area (Å²) < 4.78 is 38.9. The van der Waals surface area contributed by atoms with E-state index < -0.39 is 17.8 Å². The zero-order valence-electron chi connectivity index (χ0n) is 7.86. The molecule has 1 aromatic rings. The van der Waals surface area contributed by atoms with Gasteiger partial charge in [-0.2, -0.15) is 0 Å². The summed E-state index contributed by atoms with van der Waals surface area (Å²) in [5.74, 6) is -1.95. The lowest BCUT2D eigenvalue weighted by atomic mass is 10.0. The fourth-order valence-electron chi connectivity index (χ4n) is 1.24. The fourth-order valence-corrected chi connectivity index (χ4v) is 1.24. The Kier molecular flexibility index (Phi) is 3.52. The summed E-state index contributed by atoms with van der Waals surface area (Å²) in [6.45, 7) is 1.49. The van der Waals surface area contributed by atoms with Crippen molar-refractivity contribution in [1.82, 2.24) is 0 Å². The highest BCUT2D eigenvalue weighted by molar-refractivity contribution is 5.28. The summed E-state index contributed by atoms with van der Waals surface area (Å²) >= 11 is 0. The molecule has 1 nitrogen and oxygen atoms in total. The van der Waals surface area contributed by atoms with Gasteiger partial charge in [0.1, 0.15) is 6.17 Å². The molecule has 4 heteroatoms. The van der Waals surface area contributed by atoms with Crippen molar-refractivity contribution in [2.24, 2.45) is 5.73 Å². The van der Waals surface area contributed by atoms with Crippen LogP contribution in [0.1, 0.15) is 24.2 Å². The molecule has 1 aromatic carbocycles. The van der Waals surface area contributed by atoms with Crippen molar-refractivity contribution < 1.29 is 13.2 Å². The largest absolute Gasteiger partial charge is 0.330 e. The lowest BCUT2D eigenvalue weighted by Crippen LogP contribution is -2.06. The first-order valence-corrected chi connectivity index (χ1v) is 4.38. The molecule has 0 radical (unpaired) electrons. The zero-order chi connectivity index (χ0) is 10.7. The third-order valence-electron chi connectivity index (χ3n) is 2.00. The van der Waals surface area contributed by atoms with Crippen molar-refractivity contribution in [3.63, 3.8) is 0 Å². The maximum Gasteiger partial charge on any atom is 0.162 e. The van der Waals surface area contributed by atoms with Gasteiger partial charge in [0.2, 0.25) is 0 Å². The summed E-state index contributed by atoms with van der Waals surface area (Å²) in [5.41, 5.74) is 5.50. The Hall–Kier alpha value is -1.03. The highest BCUT2D eigenvalue weighted by atomic mass is 19.2. The summed E-state index contributed by atoms with van der Waals surface area (Å²) in [6, 6.07) is 2.19. The molecule has 0 spiro atoms. The third-order valence-corrected chi connectivity index (χ3v) is 2.00. The SMILES string of the molecule is CC(F)c1cc(F)c(F)c(CCN)c1. The van der Waals surface area contributed by atoms with E-state index in [1.807, 2.05) is 0 Å². The van der Waals surface area contributed by atoms with Crippen LogP contribution in [-0.2, 0) is 6.42 Å². The summed E-state index contributed by atoms with van der Waals surface area (Å²) in [5, 5.41) is 0. The Bertz CT molecular complexity index is 323. The predicted molar refractivity (Wildman–Crippen MR) is 48.6 cm³/mol. The number of benzene rings is 1. The van der Waals surface area contributed by atoms with Crippen LogP contribution in [0.5, 0.6) is 0 Å². The van der Waals surface area contributed by atoms with Gasteiger partial charge in [0, 0.05) is 0 Å². The van der Waals surface area contributed by atoms with E-state index in [2.05, 4.69) is 0 Å². The Morgan fingerprint density at radius 2 is 2.00 bits per heavy atom. The summed E-state index contributed by atoms with van der Waals surface area (Å²) in [6.07, 6.45) is -1.09. The normalized spacial score (nSPS) is 12.9. The minimum absolute atomic E-state index is 0.131. The lowest BCUT2D eigenvalue weighted by Gasteiger charge is -2.07. The van der Waals surface area contributed by atoms with Crippen molar-refractivity contribution in [2.45, 2.75) is 19.5 Å². The second kappa shape index (κ2) is 4.46. The summed E-state index contributed by atoms with van der Waals surface area (Å²) in [4.78, 5) is 0. The van der Waals surface area contributed by atoms with Crippen molar-refractivity contribution in [3.05, 3.63) is 34.9 Å². The van der Waals surface area contributed by atoms with E-state index in [9.17, 15) is 13.2 Å². The fraction of sp³-hybridized carbons (Fsp3) is 0.400. The van der Waals surface area contributed by atoms with E-state index >= 15 is 0 Å². The predicted octanol–water partition coefficient (Wildman–Crippen LogP) is 2.50. The average Bonchev–Trinajstić information content (AvgIpc) is 2.12. The number of hydrogen-bond donors (Lipinski definition) is 1. The highest BCUT2D eigenvalue weighted by Crippen LogP contribution is 2.22. The molecule has 0 saturated heterocycles. The van der Waals surface area contributed by atoms with Gasteiger partial charge in [-0.1, -0.05) is 0 Å². The number of halogens is 3. The highest BCUT2D eigenvalue weighted by Gasteiger charge is 2.13. The first-order valence-electron chi connectivity index (χ1n) is 4.38. The Balaban J connectivity index is 3.14. The zero-order valence-corrected chi connectivity index (χ0v) is 7.86. The van der Waals surface area contributed by atoms with Crippen LogP contribution >= 0.6 is 0 Å². The molecule has 1 unspecified atom stereocenters. The van der Waals surface area contributed by atoms with Crippen LogP contribution in [-0.4, -0.2) is 6.54 Å². The molecule has 0 aromatic heterocycles. The van der Waals surface area contributed by atoms with Crippen molar-refractivity contribution in [2.75, 3.05) is 6.54 Å². The van der Waals surface area contributed by atoms with Crippen LogP contribution < -0.4 is 5.73 Å². The van der Waals surface area contributed by atoms with Gasteiger partial charge in [-0.25, -0.2) is 13.2 Å². The smallest absolute Gasteiger partial charge is 0.162 e. The van der Waals surface area contributed by atoms with Crippen molar-refractivity contribution in [3.8, 4) is 0 Å². The number of rotatable bonds is 3. The average molecular weight is 203 g/mol. The Morgan fingerprint density at radius 3 is 2.50 bits per heavy atom. The van der Waals surface area contributed by atoms with Crippen LogP contribution in [0.2, 0.25) is 0 Å². The van der Waals surface area contributed by atoms with Gasteiger partial charge < -0.3 is 5.73 Å². The molecule has 0 aliphatic rings. The molecular weight excluding hydrogens is 191 g/mol. The third kappa shape index (κ3) is 2.26. The van der Waals surface area contributed by atoms with E-state index in [1.54, 1.807) is 0 Å². The van der Waals surface area contributed by atoms with E-state index in [-0.39, 0.29) is 24.1 Å². The van der Waals surface area contributed by atoms with Crippen LogP contribution in [0, 0.1) is 11.6 Å². The molecule has 78 valence electrons. The standard InChI is InChI=1S/C10H12F3N/c1-6(11)8-4-7(2-3-14)10(13)9(12)5-8/h4-6H,2-3,14H2,1H3. The van der Waals surface area contributed by atoms with Crippen molar-refractivity contribution in [1.29, 1.82) is 0 Å². The van der Waals surface area contributed by atoms with E-state index in [4.69, 9.17) is 5.73 Å². The quantitative estimate of drug-likeness (QED) is 0.802. The van der Waals surface area contributed by atoms with Gasteiger partial charge in [-0.3, -0.25) is 0 Å². The minimum Gasteiger partial charge on any atom is -0.330 e. The molecule has 0 heterocycles. The molecule has 1 atom stereocenters. The number of nitrogens with two attached hydrogens (primary N) is 1. The Morgan fingerprint density at radius 1 is 1.36 bits per heavy atom. The van der Waals surface area contributed by atoms with Crippen LogP contribution in [0.15, 0.2) is 12.1 Å². The van der Waals surface area contributed by atoms with Gasteiger partial charge in [-0.05, 0) is 43.1 Å². The monoisotopic (exact) mass is 203 g/mol. The molecule has 14 heavy (non-hydrogen) atoms. The van der Waals surface area contributed by atoms with Crippen molar-refractivity contribution >= 4 is 0 Å². The molecule has 0 bridgehead atoms. The van der Waals surface area contributed by atoms with E-state index in [0.717, 1.165) is 6.07 Å². The second-order valence-corrected chi connectivity index (χ2v) is 3.13. The maximum absolute atomic E-state index is 13.1. The first-order chi connectivity index (χ1) is 6.56. The first kappa shape index (κ1) is 11.0. The molecule has 0 aliphatic carbocycles. The molecule has 0 amide bonds. The van der Waals surface area contributed by atoms with Crippen LogP contribution in [0.25, 0.3) is 0 Å². The maximum atomic E-state index is 13.1. The molecule has 0 fully saturated rings. The van der Waals surface area contributed by atoms with Gasteiger partial charge in [-0.15, -0.1) is 0 Å². The summed E-state index contributed by atoms with van der Waals surface area (Å²) in [7, 11) is 0. The Labute approximate surface area is 80.7 Å². The van der Waals surface area contributed by atoms with E-state index in [1.165, 1.54) is 13.0 Å². The van der Waals surface area contributed by atoms with Gasteiger partial charge in [0.05, 0.1) is 0 Å². The van der Waals surface area contributed by atoms with Crippen LogP contribution in [0.3, 0.4) is 0 Å². The molecular formula is C10H12F3N. The molecule has 1 rings (SSSR count). The van der Waals surface area contributed by atoms with Gasteiger partial charge in [0.25, 0.3) is 0 Å². The van der Waals surface area contributed by atoms with Gasteiger partial charge in [0.15, 0.2) is 11.6 Å². The lowest BCUT2D eigenvalue weighted by molar-refractivity contribution is 0.370.